The van der Waals surface area contributed by atoms with E-state index in [2.05, 4.69) is 10.1 Å². The van der Waals surface area contributed by atoms with Gasteiger partial charge in [0, 0.05) is 25.5 Å². The van der Waals surface area contributed by atoms with Gasteiger partial charge in [-0.05, 0) is 38.0 Å². The first-order valence-electron chi connectivity index (χ1n) is 7.42. The summed E-state index contributed by atoms with van der Waals surface area (Å²) in [6, 6.07) is 3.76. The minimum absolute atomic E-state index is 0.113. The van der Waals surface area contributed by atoms with E-state index in [1.165, 1.54) is 4.31 Å². The third-order valence-corrected chi connectivity index (χ3v) is 6.02. The van der Waals surface area contributed by atoms with E-state index < -0.39 is 10.0 Å². The molecule has 2 aromatic rings. The van der Waals surface area contributed by atoms with Gasteiger partial charge in [-0.1, -0.05) is 5.16 Å². The normalized spacial score (nSPS) is 19.3. The van der Waals surface area contributed by atoms with Crippen molar-refractivity contribution in [1.82, 2.24) is 14.4 Å². The molecule has 1 aliphatic rings. The standard InChI is InChI=1S/C15H19N3O4S/c1-11-15(12(2)22-17-11)23(19,20)18-8-5-14(9-18)21-10-13-3-6-16-7-4-13/h3-4,6-7,14H,5,8-10H2,1-2H3/t14-/m1/s1. The van der Waals surface area contributed by atoms with Gasteiger partial charge in [-0.2, -0.15) is 4.31 Å². The van der Waals surface area contributed by atoms with E-state index in [4.69, 9.17) is 9.26 Å². The average Bonchev–Trinajstić information content (AvgIpc) is 3.14. The van der Waals surface area contributed by atoms with Gasteiger partial charge in [0.15, 0.2) is 5.76 Å². The van der Waals surface area contributed by atoms with Crippen LogP contribution in [0.4, 0.5) is 0 Å². The zero-order chi connectivity index (χ0) is 16.4. The summed E-state index contributed by atoms with van der Waals surface area (Å²) in [5.41, 5.74) is 1.41. The highest BCUT2D eigenvalue weighted by Crippen LogP contribution is 2.27. The van der Waals surface area contributed by atoms with Gasteiger partial charge in [0.05, 0.1) is 12.7 Å². The zero-order valence-corrected chi connectivity index (χ0v) is 13.9. The number of ether oxygens (including phenoxy) is 1. The van der Waals surface area contributed by atoms with Gasteiger partial charge in [0.1, 0.15) is 10.6 Å². The van der Waals surface area contributed by atoms with Gasteiger partial charge >= 0.3 is 0 Å². The summed E-state index contributed by atoms with van der Waals surface area (Å²) in [5.74, 6) is 0.323. The molecule has 0 N–H and O–H groups in total. The largest absolute Gasteiger partial charge is 0.372 e. The summed E-state index contributed by atoms with van der Waals surface area (Å²) < 4.78 is 37.7. The second-order valence-electron chi connectivity index (χ2n) is 5.59. The Morgan fingerprint density at radius 2 is 2.09 bits per heavy atom. The summed E-state index contributed by atoms with van der Waals surface area (Å²) in [6.07, 6.45) is 3.98. The van der Waals surface area contributed by atoms with Crippen LogP contribution in [0.3, 0.4) is 0 Å². The molecule has 0 radical (unpaired) electrons. The van der Waals surface area contributed by atoms with E-state index in [0.717, 1.165) is 5.56 Å². The molecule has 3 rings (SSSR count). The monoisotopic (exact) mass is 337 g/mol. The minimum Gasteiger partial charge on any atom is -0.372 e. The number of hydrogen-bond acceptors (Lipinski definition) is 6. The third kappa shape index (κ3) is 3.29. The predicted octanol–water partition coefficient (Wildman–Crippen LogP) is 1.67. The van der Waals surface area contributed by atoms with E-state index in [1.807, 2.05) is 12.1 Å². The summed E-state index contributed by atoms with van der Waals surface area (Å²) >= 11 is 0. The molecule has 3 heterocycles. The molecule has 2 aromatic heterocycles. The first-order valence-corrected chi connectivity index (χ1v) is 8.86. The first kappa shape index (κ1) is 16.1. The van der Waals surface area contributed by atoms with Crippen LogP contribution in [0, 0.1) is 13.8 Å². The van der Waals surface area contributed by atoms with Gasteiger partial charge < -0.3 is 9.26 Å². The molecule has 1 aliphatic heterocycles. The Balaban J connectivity index is 1.65. The van der Waals surface area contributed by atoms with Gasteiger partial charge in [-0.25, -0.2) is 8.42 Å². The number of pyridine rings is 1. The number of sulfonamides is 1. The van der Waals surface area contributed by atoms with Crippen LogP contribution in [0.25, 0.3) is 0 Å². The van der Waals surface area contributed by atoms with Crippen molar-refractivity contribution in [3.63, 3.8) is 0 Å². The van der Waals surface area contributed by atoms with Gasteiger partial charge in [0.2, 0.25) is 10.0 Å². The lowest BCUT2D eigenvalue weighted by molar-refractivity contribution is 0.0508. The second-order valence-corrected chi connectivity index (χ2v) is 7.47. The Kier molecular flexibility index (Phi) is 4.47. The number of hydrogen-bond donors (Lipinski definition) is 0. The highest BCUT2D eigenvalue weighted by Gasteiger charge is 2.36. The Morgan fingerprint density at radius 1 is 1.35 bits per heavy atom. The number of aryl methyl sites for hydroxylation is 2. The number of rotatable bonds is 5. The summed E-state index contributed by atoms with van der Waals surface area (Å²) in [5, 5.41) is 3.73. The van der Waals surface area contributed by atoms with Crippen molar-refractivity contribution < 1.29 is 17.7 Å². The van der Waals surface area contributed by atoms with Gasteiger partial charge in [-0.15, -0.1) is 0 Å². The molecule has 8 heteroatoms. The Bertz CT molecular complexity index is 754. The van der Waals surface area contributed by atoms with Crippen LogP contribution in [-0.4, -0.2) is 42.1 Å². The lowest BCUT2D eigenvalue weighted by Crippen LogP contribution is -2.31. The maximum Gasteiger partial charge on any atom is 0.248 e. The fourth-order valence-electron chi connectivity index (χ4n) is 2.72. The maximum absolute atomic E-state index is 12.7. The molecule has 0 aromatic carbocycles. The van der Waals surface area contributed by atoms with Gasteiger partial charge in [-0.3, -0.25) is 4.98 Å². The van der Waals surface area contributed by atoms with Crippen molar-refractivity contribution in [2.24, 2.45) is 0 Å². The van der Waals surface area contributed by atoms with Crippen LogP contribution in [0.1, 0.15) is 23.4 Å². The number of nitrogens with zero attached hydrogens (tertiary/aromatic N) is 3. The molecule has 1 fully saturated rings. The molecule has 0 spiro atoms. The predicted molar refractivity (Wildman–Crippen MR) is 82.2 cm³/mol. The van der Waals surface area contributed by atoms with Crippen LogP contribution in [0.5, 0.6) is 0 Å². The van der Waals surface area contributed by atoms with E-state index in [9.17, 15) is 8.42 Å². The molecular weight excluding hydrogens is 318 g/mol. The Labute approximate surface area is 135 Å². The van der Waals surface area contributed by atoms with Crippen molar-refractivity contribution in [2.45, 2.75) is 37.9 Å². The van der Waals surface area contributed by atoms with Crippen LogP contribution in [-0.2, 0) is 21.4 Å². The summed E-state index contributed by atoms with van der Waals surface area (Å²) in [7, 11) is -3.59. The van der Waals surface area contributed by atoms with Crippen LogP contribution in [0.2, 0.25) is 0 Å². The second kappa shape index (κ2) is 6.38. The van der Waals surface area contributed by atoms with Crippen molar-refractivity contribution in [2.75, 3.05) is 13.1 Å². The molecule has 124 valence electrons. The molecular formula is C15H19N3O4S. The quantitative estimate of drug-likeness (QED) is 0.825. The smallest absolute Gasteiger partial charge is 0.248 e. The fraction of sp³-hybridized carbons (Fsp3) is 0.467. The van der Waals surface area contributed by atoms with E-state index in [1.54, 1.807) is 26.2 Å². The molecule has 0 aliphatic carbocycles. The fourth-order valence-corrected chi connectivity index (χ4v) is 4.49. The molecule has 7 nitrogen and oxygen atoms in total. The van der Waals surface area contributed by atoms with Gasteiger partial charge in [0.25, 0.3) is 0 Å². The lowest BCUT2D eigenvalue weighted by atomic mass is 10.3. The molecule has 1 atom stereocenters. The third-order valence-electron chi connectivity index (χ3n) is 3.91. The Hall–Kier alpha value is -1.77. The maximum atomic E-state index is 12.7. The van der Waals surface area contributed by atoms with Crippen LogP contribution < -0.4 is 0 Å². The molecule has 1 saturated heterocycles. The molecule has 0 unspecified atom stereocenters. The van der Waals surface area contributed by atoms with Crippen LogP contribution >= 0.6 is 0 Å². The lowest BCUT2D eigenvalue weighted by Gasteiger charge is -2.16. The van der Waals surface area contributed by atoms with E-state index in [0.29, 0.717) is 37.6 Å². The van der Waals surface area contributed by atoms with Crippen LogP contribution in [0.15, 0.2) is 33.9 Å². The van der Waals surface area contributed by atoms with Crippen molar-refractivity contribution in [3.8, 4) is 0 Å². The van der Waals surface area contributed by atoms with Crippen molar-refractivity contribution in [3.05, 3.63) is 41.5 Å². The minimum atomic E-state index is -3.59. The van der Waals surface area contributed by atoms with E-state index >= 15 is 0 Å². The molecule has 23 heavy (non-hydrogen) atoms. The zero-order valence-electron chi connectivity index (χ0n) is 13.1. The molecule has 0 amide bonds. The highest BCUT2D eigenvalue weighted by molar-refractivity contribution is 7.89. The number of aromatic nitrogens is 2. The van der Waals surface area contributed by atoms with Crippen molar-refractivity contribution >= 4 is 10.0 Å². The summed E-state index contributed by atoms with van der Waals surface area (Å²) in [6.45, 7) is 4.48. The topological polar surface area (TPSA) is 85.5 Å². The Morgan fingerprint density at radius 3 is 2.74 bits per heavy atom. The SMILES string of the molecule is Cc1noc(C)c1S(=O)(=O)N1CC[C@@H](OCc2ccncc2)C1. The molecule has 0 bridgehead atoms. The van der Waals surface area contributed by atoms with Crippen molar-refractivity contribution in [1.29, 1.82) is 0 Å². The summed E-state index contributed by atoms with van der Waals surface area (Å²) in [4.78, 5) is 4.13. The molecule has 0 saturated carbocycles. The first-order chi connectivity index (χ1) is 11.0. The highest BCUT2D eigenvalue weighted by atomic mass is 32.2. The van der Waals surface area contributed by atoms with E-state index in [-0.39, 0.29) is 11.0 Å². The average molecular weight is 337 g/mol.